The molecule has 2 aromatic heterocycles. The number of likely N-dealkylation sites (tertiary alicyclic amines) is 1. The predicted molar refractivity (Wildman–Crippen MR) is 119 cm³/mol. The third-order valence-electron chi connectivity index (χ3n) is 4.90. The van der Waals surface area contributed by atoms with Crippen molar-refractivity contribution in [1.29, 1.82) is 0 Å². The Balaban J connectivity index is 1.46. The number of anilines is 1. The van der Waals surface area contributed by atoms with Crippen molar-refractivity contribution in [2.45, 2.75) is 19.8 Å². The first-order chi connectivity index (χ1) is 14.0. The molecule has 1 N–H and O–H groups in total. The molecule has 2 amide bonds. The number of rotatable bonds is 4. The number of hydrogen-bond donors (Lipinski definition) is 1. The van der Waals surface area contributed by atoms with Crippen molar-refractivity contribution in [3.05, 3.63) is 57.4 Å². The van der Waals surface area contributed by atoms with Gasteiger partial charge in [0.2, 0.25) is 5.91 Å². The van der Waals surface area contributed by atoms with E-state index in [0.29, 0.717) is 22.3 Å². The normalized spacial score (nSPS) is 16.6. The molecular weight excluding hydrogens is 426 g/mol. The van der Waals surface area contributed by atoms with Crippen LogP contribution >= 0.6 is 34.3 Å². The molecule has 1 aromatic carbocycles. The zero-order chi connectivity index (χ0) is 20.4. The van der Waals surface area contributed by atoms with Crippen molar-refractivity contribution in [3.63, 3.8) is 0 Å². The van der Waals surface area contributed by atoms with Gasteiger partial charge in [-0.3, -0.25) is 9.59 Å². The van der Waals surface area contributed by atoms with Crippen molar-refractivity contribution < 1.29 is 9.59 Å². The Morgan fingerprint density at radius 2 is 1.97 bits per heavy atom. The van der Waals surface area contributed by atoms with E-state index < -0.39 is 0 Å². The number of thiophene rings is 1. The lowest BCUT2D eigenvalue weighted by molar-refractivity contribution is -0.121. The summed E-state index contributed by atoms with van der Waals surface area (Å²) in [5.41, 5.74) is 1.49. The lowest BCUT2D eigenvalue weighted by atomic mass is 9.96. The first-order valence-corrected chi connectivity index (χ1v) is 11.4. The Morgan fingerprint density at radius 1 is 1.17 bits per heavy atom. The summed E-state index contributed by atoms with van der Waals surface area (Å²) in [7, 11) is 0. The number of piperidine rings is 1. The lowest BCUT2D eigenvalue weighted by Crippen LogP contribution is -2.43. The van der Waals surface area contributed by atoms with E-state index in [9.17, 15) is 9.59 Å². The number of hydrogen-bond acceptors (Lipinski definition) is 5. The van der Waals surface area contributed by atoms with E-state index in [2.05, 4.69) is 10.3 Å². The average molecular weight is 446 g/mol. The highest BCUT2D eigenvalue weighted by molar-refractivity contribution is 7.24. The molecule has 0 bridgehead atoms. The minimum absolute atomic E-state index is 0.0383. The molecule has 0 aliphatic carbocycles. The molecule has 8 heteroatoms. The van der Waals surface area contributed by atoms with Crippen LogP contribution in [0.3, 0.4) is 0 Å². The van der Waals surface area contributed by atoms with Gasteiger partial charge >= 0.3 is 0 Å². The van der Waals surface area contributed by atoms with Crippen LogP contribution in [0.25, 0.3) is 9.88 Å². The number of nitrogens with one attached hydrogen (secondary N) is 1. The van der Waals surface area contributed by atoms with Gasteiger partial charge in [-0.1, -0.05) is 29.8 Å². The molecule has 0 saturated carbocycles. The second kappa shape index (κ2) is 8.65. The third kappa shape index (κ3) is 4.52. The van der Waals surface area contributed by atoms with Gasteiger partial charge in [-0.2, -0.15) is 0 Å². The van der Waals surface area contributed by atoms with E-state index in [0.717, 1.165) is 34.1 Å². The molecule has 1 fully saturated rings. The number of halogens is 1. The second-order valence-electron chi connectivity index (χ2n) is 6.98. The van der Waals surface area contributed by atoms with Gasteiger partial charge in [0.05, 0.1) is 20.8 Å². The van der Waals surface area contributed by atoms with Crippen molar-refractivity contribution in [2.24, 2.45) is 5.92 Å². The molecule has 1 aliphatic rings. The molecule has 3 aromatic rings. The highest BCUT2D eigenvalue weighted by Crippen LogP contribution is 2.35. The highest BCUT2D eigenvalue weighted by atomic mass is 35.5. The molecule has 1 aliphatic heterocycles. The van der Waals surface area contributed by atoms with E-state index in [1.807, 2.05) is 49.4 Å². The number of amides is 2. The number of benzene rings is 1. The van der Waals surface area contributed by atoms with Crippen LogP contribution in [0.1, 0.15) is 28.2 Å². The van der Waals surface area contributed by atoms with Gasteiger partial charge in [0.25, 0.3) is 5.91 Å². The Kier molecular flexibility index (Phi) is 5.99. The van der Waals surface area contributed by atoms with Gasteiger partial charge in [0.1, 0.15) is 9.88 Å². The van der Waals surface area contributed by atoms with E-state index >= 15 is 0 Å². The maximum Gasteiger partial charge on any atom is 0.265 e. The zero-order valence-electron chi connectivity index (χ0n) is 15.9. The topological polar surface area (TPSA) is 62.3 Å². The predicted octanol–water partition coefficient (Wildman–Crippen LogP) is 5.32. The summed E-state index contributed by atoms with van der Waals surface area (Å²) in [4.78, 5) is 33.7. The van der Waals surface area contributed by atoms with Crippen molar-refractivity contribution in [2.75, 3.05) is 18.4 Å². The lowest BCUT2D eigenvalue weighted by Gasteiger charge is -2.31. The summed E-state index contributed by atoms with van der Waals surface area (Å²) in [6, 6.07) is 13.2. The first-order valence-electron chi connectivity index (χ1n) is 9.39. The van der Waals surface area contributed by atoms with Crippen LogP contribution in [0, 0.1) is 12.8 Å². The number of aryl methyl sites for hydroxylation is 1. The van der Waals surface area contributed by atoms with E-state index in [1.165, 1.54) is 22.7 Å². The highest BCUT2D eigenvalue weighted by Gasteiger charge is 2.31. The number of thiazole rings is 1. The summed E-state index contributed by atoms with van der Waals surface area (Å²) in [6.07, 6.45) is 1.59. The smallest absolute Gasteiger partial charge is 0.265 e. The molecule has 5 nitrogen and oxygen atoms in total. The third-order valence-corrected chi connectivity index (χ3v) is 7.44. The first kappa shape index (κ1) is 20.1. The minimum atomic E-state index is -0.211. The van der Waals surface area contributed by atoms with Gasteiger partial charge < -0.3 is 10.2 Å². The molecule has 29 heavy (non-hydrogen) atoms. The van der Waals surface area contributed by atoms with Crippen molar-refractivity contribution >= 4 is 51.8 Å². The monoisotopic (exact) mass is 445 g/mol. The minimum Gasteiger partial charge on any atom is -0.337 e. The molecule has 1 atom stereocenters. The number of nitrogens with zero attached hydrogens (tertiary/aromatic N) is 2. The van der Waals surface area contributed by atoms with Crippen LogP contribution in [-0.2, 0) is 4.79 Å². The molecule has 0 spiro atoms. The van der Waals surface area contributed by atoms with Crippen LogP contribution in [0.2, 0.25) is 4.34 Å². The molecular formula is C21H20ClN3O2S2. The fourth-order valence-corrected chi connectivity index (χ4v) is 5.55. The molecule has 1 unspecified atom stereocenters. The SMILES string of the molecule is Cc1nc(-c2ccc(Cl)s2)sc1C(=O)N1CCCC(C(=O)Nc2ccccc2)C1. The van der Waals surface area contributed by atoms with Crippen LogP contribution in [0.4, 0.5) is 5.69 Å². The molecule has 1 saturated heterocycles. The Morgan fingerprint density at radius 3 is 2.69 bits per heavy atom. The van der Waals surface area contributed by atoms with Gasteiger partial charge in [-0.05, 0) is 44.0 Å². The number of carbonyl (C=O) groups is 2. The largest absolute Gasteiger partial charge is 0.337 e. The van der Waals surface area contributed by atoms with E-state index in [4.69, 9.17) is 11.6 Å². The van der Waals surface area contributed by atoms with Crippen LogP contribution in [0.15, 0.2) is 42.5 Å². The van der Waals surface area contributed by atoms with Crippen LogP contribution in [0.5, 0.6) is 0 Å². The van der Waals surface area contributed by atoms with Crippen LogP contribution in [-0.4, -0.2) is 34.8 Å². The van der Waals surface area contributed by atoms with Gasteiger partial charge in [0.15, 0.2) is 0 Å². The summed E-state index contributed by atoms with van der Waals surface area (Å²) in [6.45, 7) is 2.94. The quantitative estimate of drug-likeness (QED) is 0.590. The maximum absolute atomic E-state index is 13.1. The summed E-state index contributed by atoms with van der Waals surface area (Å²) < 4.78 is 0.698. The summed E-state index contributed by atoms with van der Waals surface area (Å²) in [5.74, 6) is -0.300. The van der Waals surface area contributed by atoms with Gasteiger partial charge in [0, 0.05) is 18.8 Å². The van der Waals surface area contributed by atoms with Crippen LogP contribution < -0.4 is 5.32 Å². The molecule has 0 radical (unpaired) electrons. The Bertz CT molecular complexity index is 1030. The fourth-order valence-electron chi connectivity index (χ4n) is 3.41. The van der Waals surface area contributed by atoms with Gasteiger partial charge in [-0.25, -0.2) is 4.98 Å². The van der Waals surface area contributed by atoms with Gasteiger partial charge in [-0.15, -0.1) is 22.7 Å². The summed E-state index contributed by atoms with van der Waals surface area (Å²) in [5, 5.41) is 3.76. The van der Waals surface area contributed by atoms with E-state index in [-0.39, 0.29) is 17.7 Å². The fraction of sp³-hybridized carbons (Fsp3) is 0.286. The number of aromatic nitrogens is 1. The van der Waals surface area contributed by atoms with Crippen molar-refractivity contribution in [1.82, 2.24) is 9.88 Å². The molecule has 4 rings (SSSR count). The maximum atomic E-state index is 13.1. The summed E-state index contributed by atoms with van der Waals surface area (Å²) >= 11 is 8.87. The Hall–Kier alpha value is -2.22. The Labute approximate surface area is 182 Å². The second-order valence-corrected chi connectivity index (χ2v) is 9.70. The zero-order valence-corrected chi connectivity index (χ0v) is 18.2. The number of carbonyl (C=O) groups excluding carboxylic acids is 2. The number of para-hydroxylation sites is 1. The standard InChI is InChI=1S/C21H20ClN3O2S2/c1-13-18(29-20(23-13)16-9-10-17(22)28-16)21(27)25-11-5-6-14(12-25)19(26)24-15-7-3-2-4-8-15/h2-4,7-10,14H,5-6,11-12H2,1H3,(H,24,26). The van der Waals surface area contributed by atoms with Crippen molar-refractivity contribution in [3.8, 4) is 9.88 Å². The molecule has 3 heterocycles. The van der Waals surface area contributed by atoms with E-state index in [1.54, 1.807) is 4.90 Å². The molecule has 150 valence electrons. The average Bonchev–Trinajstić information content (AvgIpc) is 3.34.